The van der Waals surface area contributed by atoms with Crippen molar-refractivity contribution in [1.29, 1.82) is 0 Å². The molecule has 2 aliphatic heterocycles. The van der Waals surface area contributed by atoms with Crippen molar-refractivity contribution in [1.82, 2.24) is 9.97 Å². The van der Waals surface area contributed by atoms with Crippen molar-refractivity contribution in [3.8, 4) is 17.3 Å². The predicted octanol–water partition coefficient (Wildman–Crippen LogP) is 3.81. The molecule has 2 aromatic rings. The fourth-order valence-electron chi connectivity index (χ4n) is 4.22. The lowest BCUT2D eigenvalue weighted by Gasteiger charge is -2.34. The molecule has 0 aliphatic carbocycles. The van der Waals surface area contributed by atoms with Crippen LogP contribution in [-0.2, 0) is 14.3 Å². The summed E-state index contributed by atoms with van der Waals surface area (Å²) in [6.07, 6.45) is 2.29. The maximum atomic E-state index is 14.1. The van der Waals surface area contributed by atoms with Gasteiger partial charge in [-0.05, 0) is 37.0 Å². The summed E-state index contributed by atoms with van der Waals surface area (Å²) in [5.41, 5.74) is -1.01. The number of hydrogen-bond donors (Lipinski definition) is 1. The van der Waals surface area contributed by atoms with Crippen LogP contribution in [0.3, 0.4) is 0 Å². The van der Waals surface area contributed by atoms with Crippen molar-refractivity contribution >= 4 is 23.4 Å². The van der Waals surface area contributed by atoms with Crippen molar-refractivity contribution in [2.24, 2.45) is 5.92 Å². The van der Waals surface area contributed by atoms with E-state index in [-0.39, 0.29) is 42.8 Å². The van der Waals surface area contributed by atoms with Gasteiger partial charge in [-0.3, -0.25) is 0 Å². The van der Waals surface area contributed by atoms with Crippen molar-refractivity contribution in [2.75, 3.05) is 44.9 Å². The van der Waals surface area contributed by atoms with Crippen molar-refractivity contribution in [3.05, 3.63) is 35.1 Å². The average molecular weight is 480 g/mol. The molecule has 0 saturated carbocycles. The monoisotopic (exact) mass is 479 g/mol. The first kappa shape index (κ1) is 23.7. The van der Waals surface area contributed by atoms with Gasteiger partial charge in [-0.15, -0.1) is 0 Å². The molecule has 4 rings (SSSR count). The third-order valence-corrected chi connectivity index (χ3v) is 6.50. The number of ether oxygens (including phenoxy) is 3. The van der Waals surface area contributed by atoms with Gasteiger partial charge in [0.1, 0.15) is 11.6 Å². The quantitative estimate of drug-likeness (QED) is 0.640. The Balaban J connectivity index is 1.69. The molecule has 1 N–H and O–H groups in total. The van der Waals surface area contributed by atoms with E-state index in [4.69, 9.17) is 25.8 Å². The van der Waals surface area contributed by atoms with Crippen LogP contribution in [-0.4, -0.2) is 66.7 Å². The SMILES string of the molecule is COCC1CCN(c2cc(OC3(C(=O)O)CCOCC3)nc(-c3ccc(Cl)c(F)c3)n2)CC1. The van der Waals surface area contributed by atoms with E-state index in [1.807, 2.05) is 0 Å². The van der Waals surface area contributed by atoms with E-state index in [1.54, 1.807) is 19.2 Å². The summed E-state index contributed by atoms with van der Waals surface area (Å²) in [6, 6.07) is 5.99. The van der Waals surface area contributed by atoms with Crippen molar-refractivity contribution < 1.29 is 28.5 Å². The molecular formula is C23H27ClFN3O5. The Morgan fingerprint density at radius 1 is 1.27 bits per heavy atom. The molecule has 0 bridgehead atoms. The highest BCUT2D eigenvalue weighted by Crippen LogP contribution is 2.33. The highest BCUT2D eigenvalue weighted by atomic mass is 35.5. The number of carboxylic acid groups (broad SMARTS) is 1. The average Bonchev–Trinajstić information content (AvgIpc) is 2.82. The molecule has 178 valence electrons. The number of anilines is 1. The van der Waals surface area contributed by atoms with Gasteiger partial charge >= 0.3 is 5.97 Å². The van der Waals surface area contributed by atoms with Gasteiger partial charge in [0.05, 0.1) is 18.2 Å². The summed E-state index contributed by atoms with van der Waals surface area (Å²) in [5.74, 6) is -0.193. The minimum absolute atomic E-state index is 0.00127. The Labute approximate surface area is 196 Å². The van der Waals surface area contributed by atoms with Crippen LogP contribution in [0.25, 0.3) is 11.4 Å². The van der Waals surface area contributed by atoms with Gasteiger partial charge in [-0.1, -0.05) is 11.6 Å². The summed E-state index contributed by atoms with van der Waals surface area (Å²) < 4.78 is 30.8. The molecule has 0 atom stereocenters. The number of benzene rings is 1. The third kappa shape index (κ3) is 5.37. The molecule has 33 heavy (non-hydrogen) atoms. The van der Waals surface area contributed by atoms with Crippen LogP contribution in [0.2, 0.25) is 5.02 Å². The van der Waals surface area contributed by atoms with E-state index < -0.39 is 17.4 Å². The predicted molar refractivity (Wildman–Crippen MR) is 120 cm³/mol. The van der Waals surface area contributed by atoms with E-state index in [2.05, 4.69) is 14.9 Å². The molecule has 8 nitrogen and oxygen atoms in total. The van der Waals surface area contributed by atoms with Gasteiger partial charge in [0, 0.05) is 51.3 Å². The molecule has 2 fully saturated rings. The van der Waals surface area contributed by atoms with Gasteiger partial charge in [0.25, 0.3) is 0 Å². The number of carboxylic acids is 1. The van der Waals surface area contributed by atoms with E-state index in [9.17, 15) is 14.3 Å². The smallest absolute Gasteiger partial charge is 0.348 e. The fraction of sp³-hybridized carbons (Fsp3) is 0.522. The molecule has 0 spiro atoms. The molecule has 10 heteroatoms. The number of aliphatic carboxylic acids is 1. The van der Waals surface area contributed by atoms with Gasteiger partial charge in [-0.25, -0.2) is 14.2 Å². The Morgan fingerprint density at radius 3 is 2.64 bits per heavy atom. The molecule has 1 aromatic carbocycles. The minimum Gasteiger partial charge on any atom is -0.478 e. The number of hydrogen-bond acceptors (Lipinski definition) is 7. The van der Waals surface area contributed by atoms with Gasteiger partial charge < -0.3 is 24.2 Å². The highest BCUT2D eigenvalue weighted by Gasteiger charge is 2.43. The number of carbonyl (C=O) groups is 1. The first-order chi connectivity index (χ1) is 15.9. The molecule has 3 heterocycles. The lowest BCUT2D eigenvalue weighted by Crippen LogP contribution is -2.49. The van der Waals surface area contributed by atoms with Crippen LogP contribution in [0.5, 0.6) is 5.88 Å². The number of aromatic nitrogens is 2. The first-order valence-electron chi connectivity index (χ1n) is 11.0. The normalized spacial score (nSPS) is 18.8. The molecule has 1 aromatic heterocycles. The van der Waals surface area contributed by atoms with Gasteiger partial charge in [0.15, 0.2) is 5.82 Å². The second kappa shape index (κ2) is 10.2. The van der Waals surface area contributed by atoms with Crippen LogP contribution >= 0.6 is 11.6 Å². The lowest BCUT2D eigenvalue weighted by atomic mass is 9.94. The number of halogens is 2. The Kier molecular flexibility index (Phi) is 7.31. The Hall–Kier alpha value is -2.49. The summed E-state index contributed by atoms with van der Waals surface area (Å²) in [6.45, 7) is 2.80. The number of nitrogens with zero attached hydrogens (tertiary/aromatic N) is 3. The van der Waals surface area contributed by atoms with E-state index >= 15 is 0 Å². The van der Waals surface area contributed by atoms with E-state index in [0.29, 0.717) is 23.9 Å². The molecule has 0 radical (unpaired) electrons. The molecule has 2 aliphatic rings. The standard InChI is InChI=1S/C23H27ClFN3O5/c1-31-14-15-4-8-28(9-5-15)19-13-20(33-23(22(29)30)6-10-32-11-7-23)27-21(26-19)16-2-3-17(24)18(25)12-16/h2-3,12-13,15H,4-11,14H2,1H3,(H,29,30). The number of methoxy groups -OCH3 is 1. The maximum Gasteiger partial charge on any atom is 0.348 e. The van der Waals surface area contributed by atoms with Crippen LogP contribution in [0, 0.1) is 11.7 Å². The fourth-order valence-corrected chi connectivity index (χ4v) is 4.33. The van der Waals surface area contributed by atoms with Crippen molar-refractivity contribution in [2.45, 2.75) is 31.3 Å². The van der Waals surface area contributed by atoms with E-state index in [0.717, 1.165) is 25.9 Å². The zero-order chi connectivity index (χ0) is 23.4. The zero-order valence-electron chi connectivity index (χ0n) is 18.4. The second-order valence-electron chi connectivity index (χ2n) is 8.42. The van der Waals surface area contributed by atoms with Gasteiger partial charge in [0.2, 0.25) is 11.5 Å². The molecular weight excluding hydrogens is 453 g/mol. The summed E-state index contributed by atoms with van der Waals surface area (Å²) in [4.78, 5) is 23.3. The summed E-state index contributed by atoms with van der Waals surface area (Å²) in [5, 5.41) is 9.89. The molecule has 2 saturated heterocycles. The number of rotatable bonds is 7. The Morgan fingerprint density at radius 2 is 2.00 bits per heavy atom. The minimum atomic E-state index is -1.43. The van der Waals surface area contributed by atoms with Crippen LogP contribution < -0.4 is 9.64 Å². The van der Waals surface area contributed by atoms with Crippen molar-refractivity contribution in [3.63, 3.8) is 0 Å². The second-order valence-corrected chi connectivity index (χ2v) is 8.82. The third-order valence-electron chi connectivity index (χ3n) is 6.20. The van der Waals surface area contributed by atoms with E-state index in [1.165, 1.54) is 12.1 Å². The highest BCUT2D eigenvalue weighted by molar-refractivity contribution is 6.30. The number of piperidine rings is 1. The zero-order valence-corrected chi connectivity index (χ0v) is 19.2. The maximum absolute atomic E-state index is 14.1. The molecule has 0 amide bonds. The summed E-state index contributed by atoms with van der Waals surface area (Å²) in [7, 11) is 1.70. The van der Waals surface area contributed by atoms with Crippen LogP contribution in [0.1, 0.15) is 25.7 Å². The first-order valence-corrected chi connectivity index (χ1v) is 11.4. The lowest BCUT2D eigenvalue weighted by molar-refractivity contribution is -0.164. The topological polar surface area (TPSA) is 94.0 Å². The Bertz CT molecular complexity index is 994. The van der Waals surface area contributed by atoms with Crippen LogP contribution in [0.4, 0.5) is 10.2 Å². The largest absolute Gasteiger partial charge is 0.478 e. The van der Waals surface area contributed by atoms with Crippen LogP contribution in [0.15, 0.2) is 24.3 Å². The molecule has 0 unspecified atom stereocenters. The van der Waals surface area contributed by atoms with Gasteiger partial charge in [-0.2, -0.15) is 4.98 Å². The summed E-state index contributed by atoms with van der Waals surface area (Å²) >= 11 is 5.84.